The Balaban J connectivity index is 1.74. The fourth-order valence-electron chi connectivity index (χ4n) is 1.85. The fraction of sp³-hybridized carbons (Fsp3) is 0.0667. The smallest absolute Gasteiger partial charge is 0.184 e. The maximum atomic E-state index is 8.76. The van der Waals surface area contributed by atoms with Crippen LogP contribution in [0, 0.1) is 11.3 Å². The molecule has 0 aliphatic carbocycles. The number of hydrogen-bond donors (Lipinski definition) is 1. The zero-order valence-electron chi connectivity index (χ0n) is 10.4. The molecule has 3 aromatic rings. The number of nitrogens with one attached hydrogen (secondary N) is 1. The summed E-state index contributed by atoms with van der Waals surface area (Å²) in [5.74, 6) is 0. The van der Waals surface area contributed by atoms with Gasteiger partial charge in [-0.1, -0.05) is 39.4 Å². The molecule has 0 atom stereocenters. The molecule has 98 valence electrons. The van der Waals surface area contributed by atoms with Crippen LogP contribution < -0.4 is 5.32 Å². The predicted octanol–water partition coefficient (Wildman–Crippen LogP) is 4.54. The van der Waals surface area contributed by atoms with Gasteiger partial charge < -0.3 is 5.32 Å². The lowest BCUT2D eigenvalue weighted by molar-refractivity contribution is 1.14. The highest BCUT2D eigenvalue weighted by Gasteiger charge is 2.04. The Hall–Kier alpha value is -1.90. The summed E-state index contributed by atoms with van der Waals surface area (Å²) in [6.45, 7) is 0.701. The van der Waals surface area contributed by atoms with Crippen LogP contribution in [0.25, 0.3) is 10.2 Å². The molecule has 2 aromatic carbocycles. The van der Waals surface area contributed by atoms with Crippen LogP contribution in [-0.2, 0) is 6.54 Å². The van der Waals surface area contributed by atoms with E-state index in [2.05, 4.69) is 38.4 Å². The minimum absolute atomic E-state index is 0.679. The first kappa shape index (κ1) is 13.1. The van der Waals surface area contributed by atoms with Crippen molar-refractivity contribution >= 4 is 42.6 Å². The van der Waals surface area contributed by atoms with E-state index in [0.717, 1.165) is 25.4 Å². The average Bonchev–Trinajstić information content (AvgIpc) is 2.87. The lowest BCUT2D eigenvalue weighted by Crippen LogP contribution is -1.98. The molecule has 0 unspecified atom stereocenters. The molecular formula is C15H10BrN3S. The second kappa shape index (κ2) is 5.61. The van der Waals surface area contributed by atoms with Crippen molar-refractivity contribution in [1.29, 1.82) is 5.26 Å². The molecule has 0 fully saturated rings. The van der Waals surface area contributed by atoms with Crippen molar-refractivity contribution in [3.05, 3.63) is 58.1 Å². The summed E-state index contributed by atoms with van der Waals surface area (Å²) in [6, 6.07) is 15.8. The topological polar surface area (TPSA) is 48.7 Å². The van der Waals surface area contributed by atoms with Crippen molar-refractivity contribution in [2.75, 3.05) is 5.32 Å². The van der Waals surface area contributed by atoms with Gasteiger partial charge in [0.25, 0.3) is 0 Å². The highest BCUT2D eigenvalue weighted by atomic mass is 79.9. The van der Waals surface area contributed by atoms with E-state index in [1.165, 1.54) is 0 Å². The second-order valence-electron chi connectivity index (χ2n) is 4.29. The van der Waals surface area contributed by atoms with Gasteiger partial charge in [-0.2, -0.15) is 5.26 Å². The summed E-state index contributed by atoms with van der Waals surface area (Å²) in [6.07, 6.45) is 0. The van der Waals surface area contributed by atoms with E-state index in [0.29, 0.717) is 12.1 Å². The maximum absolute atomic E-state index is 8.76. The molecule has 0 saturated heterocycles. The number of nitriles is 1. The summed E-state index contributed by atoms with van der Waals surface area (Å²) in [4.78, 5) is 4.55. The fourth-order valence-corrected chi connectivity index (χ4v) is 3.04. The molecular weight excluding hydrogens is 334 g/mol. The Labute approximate surface area is 129 Å². The number of nitrogens with zero attached hydrogens (tertiary/aromatic N) is 2. The summed E-state index contributed by atoms with van der Waals surface area (Å²) in [5, 5.41) is 13.0. The molecule has 1 aromatic heterocycles. The van der Waals surface area contributed by atoms with Gasteiger partial charge in [0.15, 0.2) is 5.13 Å². The number of benzene rings is 2. The highest BCUT2D eigenvalue weighted by molar-refractivity contribution is 9.10. The van der Waals surface area contributed by atoms with Crippen LogP contribution in [0.2, 0.25) is 0 Å². The quantitative estimate of drug-likeness (QED) is 0.759. The normalized spacial score (nSPS) is 10.4. The molecule has 0 amide bonds. The van der Waals surface area contributed by atoms with Crippen molar-refractivity contribution in [1.82, 2.24) is 4.98 Å². The van der Waals surface area contributed by atoms with Gasteiger partial charge in [0.05, 0.1) is 21.8 Å². The average molecular weight is 344 g/mol. The summed E-state index contributed by atoms with van der Waals surface area (Å²) >= 11 is 5.09. The molecule has 0 bridgehead atoms. The predicted molar refractivity (Wildman–Crippen MR) is 85.8 cm³/mol. The van der Waals surface area contributed by atoms with Crippen molar-refractivity contribution in [2.45, 2.75) is 6.54 Å². The third-order valence-corrected chi connectivity index (χ3v) is 4.36. The summed E-state index contributed by atoms with van der Waals surface area (Å²) < 4.78 is 2.20. The minimum Gasteiger partial charge on any atom is -0.357 e. The third kappa shape index (κ3) is 2.82. The Morgan fingerprint density at radius 1 is 1.20 bits per heavy atom. The van der Waals surface area contributed by atoms with Crippen LogP contribution in [0.5, 0.6) is 0 Å². The van der Waals surface area contributed by atoms with Gasteiger partial charge in [0, 0.05) is 11.0 Å². The number of rotatable bonds is 3. The number of fused-ring (bicyclic) bond motifs is 1. The number of halogens is 1. The molecule has 1 N–H and O–H groups in total. The molecule has 3 rings (SSSR count). The van der Waals surface area contributed by atoms with Crippen molar-refractivity contribution in [3.63, 3.8) is 0 Å². The summed E-state index contributed by atoms with van der Waals surface area (Å²) in [7, 11) is 0. The first-order valence-electron chi connectivity index (χ1n) is 6.03. The Kier molecular flexibility index (Phi) is 3.68. The van der Waals surface area contributed by atoms with Gasteiger partial charge >= 0.3 is 0 Å². The number of aromatic nitrogens is 1. The molecule has 0 aliphatic heterocycles. The molecule has 20 heavy (non-hydrogen) atoms. The van der Waals surface area contributed by atoms with Crippen molar-refractivity contribution in [3.8, 4) is 6.07 Å². The summed E-state index contributed by atoms with van der Waals surface area (Å²) in [5.41, 5.74) is 2.80. The molecule has 5 heteroatoms. The van der Waals surface area contributed by atoms with Crippen LogP contribution in [0.4, 0.5) is 5.13 Å². The molecule has 0 saturated carbocycles. The SMILES string of the molecule is N#Cc1ccc(CNc2nc3cc(Br)ccc3s2)cc1. The lowest BCUT2D eigenvalue weighted by atomic mass is 10.1. The van der Waals surface area contributed by atoms with E-state index in [1.807, 2.05) is 36.4 Å². The van der Waals surface area contributed by atoms with E-state index >= 15 is 0 Å². The number of hydrogen-bond acceptors (Lipinski definition) is 4. The van der Waals surface area contributed by atoms with E-state index in [4.69, 9.17) is 5.26 Å². The monoisotopic (exact) mass is 343 g/mol. The van der Waals surface area contributed by atoms with E-state index in [9.17, 15) is 0 Å². The molecule has 1 heterocycles. The second-order valence-corrected chi connectivity index (χ2v) is 6.24. The van der Waals surface area contributed by atoms with E-state index in [-0.39, 0.29) is 0 Å². The van der Waals surface area contributed by atoms with E-state index in [1.54, 1.807) is 11.3 Å². The maximum Gasteiger partial charge on any atom is 0.184 e. The van der Waals surface area contributed by atoms with Crippen LogP contribution >= 0.6 is 27.3 Å². The Bertz CT molecular complexity index is 787. The molecule has 0 spiro atoms. The van der Waals surface area contributed by atoms with Gasteiger partial charge in [-0.25, -0.2) is 4.98 Å². The number of thiazole rings is 1. The Morgan fingerprint density at radius 3 is 2.75 bits per heavy atom. The molecule has 0 radical (unpaired) electrons. The van der Waals surface area contributed by atoms with Crippen molar-refractivity contribution in [2.24, 2.45) is 0 Å². The zero-order valence-corrected chi connectivity index (χ0v) is 12.8. The van der Waals surface area contributed by atoms with Gasteiger partial charge in [-0.3, -0.25) is 0 Å². The van der Waals surface area contributed by atoms with Crippen LogP contribution in [0.15, 0.2) is 46.9 Å². The Morgan fingerprint density at radius 2 is 2.00 bits per heavy atom. The largest absolute Gasteiger partial charge is 0.357 e. The standard InChI is InChI=1S/C15H10BrN3S/c16-12-5-6-14-13(7-12)19-15(20-14)18-9-11-3-1-10(8-17)2-4-11/h1-7H,9H2,(H,18,19). The van der Waals surface area contributed by atoms with Gasteiger partial charge in [-0.05, 0) is 35.9 Å². The van der Waals surface area contributed by atoms with Crippen LogP contribution in [-0.4, -0.2) is 4.98 Å². The highest BCUT2D eigenvalue weighted by Crippen LogP contribution is 2.28. The minimum atomic E-state index is 0.679. The molecule has 0 aliphatic rings. The van der Waals surface area contributed by atoms with Crippen LogP contribution in [0.1, 0.15) is 11.1 Å². The lowest BCUT2D eigenvalue weighted by Gasteiger charge is -2.02. The van der Waals surface area contributed by atoms with Gasteiger partial charge in [-0.15, -0.1) is 0 Å². The number of anilines is 1. The zero-order chi connectivity index (χ0) is 13.9. The first-order chi connectivity index (χ1) is 9.74. The molecule has 3 nitrogen and oxygen atoms in total. The van der Waals surface area contributed by atoms with Gasteiger partial charge in [0.2, 0.25) is 0 Å². The third-order valence-electron chi connectivity index (χ3n) is 2.88. The van der Waals surface area contributed by atoms with E-state index < -0.39 is 0 Å². The van der Waals surface area contributed by atoms with Gasteiger partial charge in [0.1, 0.15) is 0 Å². The van der Waals surface area contributed by atoms with Crippen molar-refractivity contribution < 1.29 is 0 Å². The van der Waals surface area contributed by atoms with Crippen LogP contribution in [0.3, 0.4) is 0 Å². The first-order valence-corrected chi connectivity index (χ1v) is 7.64.